The molecule has 5 heteroatoms. The van der Waals surface area contributed by atoms with Crippen molar-refractivity contribution in [3.8, 4) is 0 Å². The zero-order valence-corrected chi connectivity index (χ0v) is 8.75. The largest absolute Gasteiger partial charge is 0.390 e. The summed E-state index contributed by atoms with van der Waals surface area (Å²) in [6.07, 6.45) is -3.93. The van der Waals surface area contributed by atoms with Crippen LogP contribution in [0.4, 0.5) is 13.2 Å². The van der Waals surface area contributed by atoms with Gasteiger partial charge in [0.1, 0.15) is 0 Å². The van der Waals surface area contributed by atoms with Gasteiger partial charge in [-0.15, -0.1) is 0 Å². The minimum Gasteiger partial charge on any atom is -0.316 e. The second-order valence-corrected chi connectivity index (χ2v) is 3.58. The van der Waals surface area contributed by atoms with E-state index in [1.54, 1.807) is 0 Å². The molecule has 0 fully saturated rings. The molecule has 0 saturated carbocycles. The first-order valence-electron chi connectivity index (χ1n) is 4.92. The van der Waals surface area contributed by atoms with E-state index in [0.29, 0.717) is 12.6 Å². The summed E-state index contributed by atoms with van der Waals surface area (Å²) in [5, 5.41) is 5.95. The molecule has 0 saturated heterocycles. The van der Waals surface area contributed by atoms with Crippen molar-refractivity contribution >= 4 is 0 Å². The first kappa shape index (κ1) is 13.7. The Morgan fingerprint density at radius 3 is 2.21 bits per heavy atom. The quantitative estimate of drug-likeness (QED) is 0.630. The fraction of sp³-hybridized carbons (Fsp3) is 1.00. The maximum absolute atomic E-state index is 11.7. The van der Waals surface area contributed by atoms with Crippen molar-refractivity contribution < 1.29 is 13.2 Å². The molecule has 0 aliphatic heterocycles. The lowest BCUT2D eigenvalue weighted by molar-refractivity contribution is -0.133. The summed E-state index contributed by atoms with van der Waals surface area (Å²) in [7, 11) is 0. The van der Waals surface area contributed by atoms with Gasteiger partial charge in [-0.05, 0) is 19.5 Å². The molecule has 86 valence electrons. The summed E-state index contributed by atoms with van der Waals surface area (Å²) < 4.78 is 35.1. The predicted octanol–water partition coefficient (Wildman–Crippen LogP) is 1.92. The Bertz CT molecular complexity index is 135. The molecule has 0 aliphatic carbocycles. The Labute approximate surface area is 83.3 Å². The van der Waals surface area contributed by atoms with Gasteiger partial charge in [0.15, 0.2) is 0 Å². The summed E-state index contributed by atoms with van der Waals surface area (Å²) in [5.41, 5.74) is 0. The minimum atomic E-state index is -4.04. The van der Waals surface area contributed by atoms with Gasteiger partial charge in [-0.2, -0.15) is 13.2 Å². The zero-order valence-electron chi connectivity index (χ0n) is 8.75. The Balaban J connectivity index is 3.07. The molecule has 0 amide bonds. The fourth-order valence-electron chi connectivity index (χ4n) is 0.959. The van der Waals surface area contributed by atoms with Crippen molar-refractivity contribution in [1.29, 1.82) is 0 Å². The standard InChI is InChI=1S/C9H19F3N2/c1-8(2)14-6-3-5-13-7-4-9(10,11)12/h8,13-14H,3-7H2,1-2H3. The molecule has 0 aromatic carbocycles. The van der Waals surface area contributed by atoms with E-state index < -0.39 is 12.6 Å². The second-order valence-electron chi connectivity index (χ2n) is 3.58. The van der Waals surface area contributed by atoms with Crippen molar-refractivity contribution in [2.45, 2.75) is 38.9 Å². The molecule has 0 heterocycles. The molecule has 0 bridgehead atoms. The lowest BCUT2D eigenvalue weighted by Crippen LogP contribution is -2.28. The summed E-state index contributed by atoms with van der Waals surface area (Å²) in [4.78, 5) is 0. The maximum atomic E-state index is 11.7. The molecule has 0 aromatic rings. The number of rotatable bonds is 7. The lowest BCUT2D eigenvalue weighted by Gasteiger charge is -2.09. The lowest BCUT2D eigenvalue weighted by atomic mass is 10.3. The van der Waals surface area contributed by atoms with Crippen molar-refractivity contribution in [1.82, 2.24) is 10.6 Å². The van der Waals surface area contributed by atoms with E-state index in [0.717, 1.165) is 13.0 Å². The highest BCUT2D eigenvalue weighted by Crippen LogP contribution is 2.17. The van der Waals surface area contributed by atoms with Gasteiger partial charge in [0.2, 0.25) is 0 Å². The molecule has 14 heavy (non-hydrogen) atoms. The number of halogens is 3. The van der Waals surface area contributed by atoms with Crippen LogP contribution in [-0.2, 0) is 0 Å². The zero-order chi connectivity index (χ0) is 11.0. The summed E-state index contributed by atoms with van der Waals surface area (Å²) in [6.45, 7) is 5.58. The molecule has 0 aromatic heterocycles. The van der Waals surface area contributed by atoms with Gasteiger partial charge in [0.25, 0.3) is 0 Å². The van der Waals surface area contributed by atoms with Crippen molar-refractivity contribution in [3.63, 3.8) is 0 Å². The third-order valence-corrected chi connectivity index (χ3v) is 1.67. The Kier molecular flexibility index (Phi) is 6.92. The molecular weight excluding hydrogens is 193 g/mol. The van der Waals surface area contributed by atoms with Crippen LogP contribution in [0.5, 0.6) is 0 Å². The van der Waals surface area contributed by atoms with Crippen LogP contribution in [0.15, 0.2) is 0 Å². The van der Waals surface area contributed by atoms with Gasteiger partial charge < -0.3 is 10.6 Å². The average molecular weight is 212 g/mol. The summed E-state index contributed by atoms with van der Waals surface area (Å²) in [5.74, 6) is 0. The van der Waals surface area contributed by atoms with Crippen LogP contribution in [0.3, 0.4) is 0 Å². The Morgan fingerprint density at radius 2 is 1.71 bits per heavy atom. The number of hydrogen-bond acceptors (Lipinski definition) is 2. The monoisotopic (exact) mass is 212 g/mol. The van der Waals surface area contributed by atoms with Gasteiger partial charge in [0, 0.05) is 12.6 Å². The van der Waals surface area contributed by atoms with Crippen LogP contribution in [0.2, 0.25) is 0 Å². The molecule has 0 rings (SSSR count). The molecule has 0 atom stereocenters. The smallest absolute Gasteiger partial charge is 0.316 e. The molecule has 0 unspecified atom stereocenters. The van der Waals surface area contributed by atoms with E-state index in [-0.39, 0.29) is 6.54 Å². The fourth-order valence-corrected chi connectivity index (χ4v) is 0.959. The van der Waals surface area contributed by atoms with Crippen molar-refractivity contribution in [3.05, 3.63) is 0 Å². The first-order chi connectivity index (χ1) is 6.42. The predicted molar refractivity (Wildman–Crippen MR) is 51.3 cm³/mol. The third kappa shape index (κ3) is 11.7. The van der Waals surface area contributed by atoms with E-state index in [9.17, 15) is 13.2 Å². The maximum Gasteiger partial charge on any atom is 0.390 e. The van der Waals surface area contributed by atoms with Gasteiger partial charge in [-0.3, -0.25) is 0 Å². The first-order valence-corrected chi connectivity index (χ1v) is 4.92. The summed E-state index contributed by atoms with van der Waals surface area (Å²) in [6, 6.07) is 0.435. The molecular formula is C9H19F3N2. The van der Waals surface area contributed by atoms with E-state index in [2.05, 4.69) is 10.6 Å². The van der Waals surface area contributed by atoms with Crippen LogP contribution < -0.4 is 10.6 Å². The topological polar surface area (TPSA) is 24.1 Å². The van der Waals surface area contributed by atoms with Crippen LogP contribution in [0, 0.1) is 0 Å². The third-order valence-electron chi connectivity index (χ3n) is 1.67. The van der Waals surface area contributed by atoms with Crippen LogP contribution >= 0.6 is 0 Å². The van der Waals surface area contributed by atoms with Gasteiger partial charge in [0.05, 0.1) is 6.42 Å². The van der Waals surface area contributed by atoms with Crippen LogP contribution in [0.25, 0.3) is 0 Å². The van der Waals surface area contributed by atoms with E-state index in [1.807, 2.05) is 13.8 Å². The highest BCUT2D eigenvalue weighted by molar-refractivity contribution is 4.57. The normalized spacial score (nSPS) is 12.4. The van der Waals surface area contributed by atoms with Crippen LogP contribution in [0.1, 0.15) is 26.7 Å². The van der Waals surface area contributed by atoms with E-state index in [1.165, 1.54) is 0 Å². The van der Waals surface area contributed by atoms with E-state index >= 15 is 0 Å². The molecule has 0 spiro atoms. The SMILES string of the molecule is CC(C)NCCCNCCC(F)(F)F. The van der Waals surface area contributed by atoms with Crippen molar-refractivity contribution in [2.75, 3.05) is 19.6 Å². The molecule has 2 nitrogen and oxygen atoms in total. The number of alkyl halides is 3. The Hall–Kier alpha value is -0.290. The molecule has 0 aliphatic rings. The highest BCUT2D eigenvalue weighted by atomic mass is 19.4. The number of nitrogens with one attached hydrogen (secondary N) is 2. The average Bonchev–Trinajstić information content (AvgIpc) is 2.00. The van der Waals surface area contributed by atoms with Crippen molar-refractivity contribution in [2.24, 2.45) is 0 Å². The number of hydrogen-bond donors (Lipinski definition) is 2. The second kappa shape index (κ2) is 7.06. The van der Waals surface area contributed by atoms with Gasteiger partial charge in [-0.1, -0.05) is 13.8 Å². The highest BCUT2D eigenvalue weighted by Gasteiger charge is 2.25. The molecule has 0 radical (unpaired) electrons. The molecule has 2 N–H and O–H groups in total. The van der Waals surface area contributed by atoms with Crippen LogP contribution in [-0.4, -0.2) is 31.9 Å². The van der Waals surface area contributed by atoms with E-state index in [4.69, 9.17) is 0 Å². The van der Waals surface area contributed by atoms with Gasteiger partial charge >= 0.3 is 6.18 Å². The minimum absolute atomic E-state index is 0.0190. The Morgan fingerprint density at radius 1 is 1.07 bits per heavy atom. The van der Waals surface area contributed by atoms with Gasteiger partial charge in [-0.25, -0.2) is 0 Å². The summed E-state index contributed by atoms with van der Waals surface area (Å²) >= 11 is 0.